The largest absolute Gasteiger partial charge is 1.00 e. The molecule has 0 aromatic heterocycles. The second-order valence-corrected chi connectivity index (χ2v) is 7.44. The van der Waals surface area contributed by atoms with Gasteiger partial charge in [-0.1, -0.05) is 0 Å². The minimum Gasteiger partial charge on any atom is -0.550 e. The SMILES string of the molecule is O=C([O-])C1C2C(=O)N(CO)C(=O)C2C(C(=O)[O-])C2C3C(=O)N(CO)C(=O)C3C12.[Na+].[Na+]. The Bertz CT molecular complexity index is 786. The molecule has 2 N–H and O–H groups in total. The molecule has 8 atom stereocenters. The van der Waals surface area contributed by atoms with Gasteiger partial charge >= 0.3 is 59.1 Å². The Hall–Kier alpha value is -0.860. The number of rotatable bonds is 4. The van der Waals surface area contributed by atoms with Crippen molar-refractivity contribution in [2.24, 2.45) is 47.3 Å². The van der Waals surface area contributed by atoms with Crippen molar-refractivity contribution in [1.29, 1.82) is 0 Å². The first-order valence-electron chi connectivity index (χ1n) is 8.52. The van der Waals surface area contributed by atoms with Crippen LogP contribution in [-0.2, 0) is 28.8 Å². The van der Waals surface area contributed by atoms with E-state index in [1.807, 2.05) is 0 Å². The summed E-state index contributed by atoms with van der Waals surface area (Å²) in [6.07, 6.45) is 0. The fourth-order valence-electron chi connectivity index (χ4n) is 5.74. The Labute approximate surface area is 213 Å². The maximum atomic E-state index is 12.5. The molecule has 4 fully saturated rings. The Morgan fingerprint density at radius 3 is 1.17 bits per heavy atom. The average Bonchev–Trinajstić information content (AvgIpc) is 2.97. The van der Waals surface area contributed by atoms with Crippen LogP contribution in [0.15, 0.2) is 0 Å². The number of fused-ring (bicyclic) bond motifs is 5. The summed E-state index contributed by atoms with van der Waals surface area (Å²) in [6, 6.07) is 0. The number of carbonyl (C=O) groups excluding carboxylic acids is 6. The van der Waals surface area contributed by atoms with Gasteiger partial charge in [-0.25, -0.2) is 0 Å². The molecule has 2 aliphatic carbocycles. The Kier molecular flexibility index (Phi) is 7.27. The summed E-state index contributed by atoms with van der Waals surface area (Å²) in [5.74, 6) is -19.1. The molecule has 12 nitrogen and oxygen atoms in total. The van der Waals surface area contributed by atoms with E-state index in [9.17, 15) is 49.2 Å². The number of carbonyl (C=O) groups is 6. The molecular formula is C16H14N2Na2O10. The van der Waals surface area contributed by atoms with E-state index in [1.165, 1.54) is 0 Å². The summed E-state index contributed by atoms with van der Waals surface area (Å²) in [6.45, 7) is -2.03. The van der Waals surface area contributed by atoms with E-state index in [4.69, 9.17) is 0 Å². The first kappa shape index (κ1) is 25.4. The Balaban J connectivity index is 0.00000160. The zero-order chi connectivity index (χ0) is 20.7. The predicted molar refractivity (Wildman–Crippen MR) is 75.8 cm³/mol. The molecule has 2 heterocycles. The Morgan fingerprint density at radius 2 is 0.933 bits per heavy atom. The second kappa shape index (κ2) is 8.58. The number of hydrogen-bond acceptors (Lipinski definition) is 10. The van der Waals surface area contributed by atoms with Gasteiger partial charge in [-0.3, -0.25) is 29.0 Å². The summed E-state index contributed by atoms with van der Waals surface area (Å²) >= 11 is 0. The van der Waals surface area contributed by atoms with E-state index in [-0.39, 0.29) is 59.1 Å². The molecule has 2 saturated carbocycles. The average molecular weight is 440 g/mol. The molecular weight excluding hydrogens is 426 g/mol. The monoisotopic (exact) mass is 440 g/mol. The first-order valence-corrected chi connectivity index (χ1v) is 8.52. The standard InChI is InChI=1S/C16H16N2O10.2Na/c19-1-17-11(21)5-3-4(6(5)12(17)22)10(16(27)28)8-7(9(3)15(25)26)13(23)18(2-20)14(8)24;;/h3-10,19-20H,1-2H2,(H,25,26)(H,27,28);;/q;2*+1/p-2. The van der Waals surface area contributed by atoms with Crippen molar-refractivity contribution in [3.63, 3.8) is 0 Å². The van der Waals surface area contributed by atoms with Gasteiger partial charge < -0.3 is 30.0 Å². The van der Waals surface area contributed by atoms with Gasteiger partial charge in [0, 0.05) is 23.8 Å². The molecule has 4 rings (SSSR count). The number of aliphatic hydroxyl groups is 2. The van der Waals surface area contributed by atoms with E-state index in [0.717, 1.165) is 0 Å². The summed E-state index contributed by atoms with van der Waals surface area (Å²) in [5, 5.41) is 42.2. The third kappa shape index (κ3) is 2.96. The van der Waals surface area contributed by atoms with Gasteiger partial charge in [0.2, 0.25) is 23.6 Å². The topological polar surface area (TPSA) is 195 Å². The normalized spacial score (nSPS) is 38.7. The van der Waals surface area contributed by atoms with Crippen LogP contribution >= 0.6 is 0 Å². The van der Waals surface area contributed by atoms with Gasteiger partial charge in [0.25, 0.3) is 0 Å². The smallest absolute Gasteiger partial charge is 0.550 e. The van der Waals surface area contributed by atoms with Crippen molar-refractivity contribution in [3.8, 4) is 0 Å². The quantitative estimate of drug-likeness (QED) is 0.313. The van der Waals surface area contributed by atoms with Crippen molar-refractivity contribution >= 4 is 35.6 Å². The van der Waals surface area contributed by atoms with Crippen LogP contribution in [0.4, 0.5) is 0 Å². The van der Waals surface area contributed by atoms with E-state index < -0.39 is 96.4 Å². The van der Waals surface area contributed by atoms with Crippen molar-refractivity contribution < 1.29 is 108 Å². The number of imide groups is 2. The predicted octanol–water partition coefficient (Wildman–Crippen LogP) is -11.9. The fourth-order valence-corrected chi connectivity index (χ4v) is 5.74. The molecule has 0 radical (unpaired) electrons. The number of carboxylic acids is 2. The van der Waals surface area contributed by atoms with Crippen LogP contribution in [0.1, 0.15) is 0 Å². The second-order valence-electron chi connectivity index (χ2n) is 7.44. The van der Waals surface area contributed by atoms with E-state index in [2.05, 4.69) is 0 Å². The zero-order valence-corrected chi connectivity index (χ0v) is 20.1. The fraction of sp³-hybridized carbons (Fsp3) is 0.625. The number of nitrogens with zero attached hydrogens (tertiary/aromatic N) is 2. The van der Waals surface area contributed by atoms with Crippen molar-refractivity contribution in [3.05, 3.63) is 0 Å². The molecule has 150 valence electrons. The minimum absolute atomic E-state index is 0. The van der Waals surface area contributed by atoms with Crippen LogP contribution in [0.2, 0.25) is 0 Å². The summed E-state index contributed by atoms with van der Waals surface area (Å²) < 4.78 is 0. The van der Waals surface area contributed by atoms with E-state index in [1.54, 1.807) is 0 Å². The molecule has 30 heavy (non-hydrogen) atoms. The number of aliphatic hydroxyl groups excluding tert-OH is 2. The molecule has 2 aliphatic heterocycles. The zero-order valence-electron chi connectivity index (χ0n) is 16.1. The molecule has 4 aliphatic rings. The number of aliphatic carboxylic acids is 2. The molecule has 4 amide bonds. The van der Waals surface area contributed by atoms with E-state index >= 15 is 0 Å². The van der Waals surface area contributed by atoms with Crippen LogP contribution in [0.25, 0.3) is 0 Å². The van der Waals surface area contributed by atoms with Crippen molar-refractivity contribution in [2.75, 3.05) is 13.5 Å². The number of amides is 4. The van der Waals surface area contributed by atoms with Crippen molar-refractivity contribution in [1.82, 2.24) is 9.80 Å². The van der Waals surface area contributed by atoms with Gasteiger partial charge in [-0.2, -0.15) is 0 Å². The molecule has 2 saturated heterocycles. The van der Waals surface area contributed by atoms with Gasteiger partial charge in [0.15, 0.2) is 0 Å². The van der Waals surface area contributed by atoms with Gasteiger partial charge in [-0.15, -0.1) is 0 Å². The molecule has 0 aromatic carbocycles. The number of likely N-dealkylation sites (tertiary alicyclic amines) is 2. The third-order valence-electron chi connectivity index (χ3n) is 6.68. The maximum Gasteiger partial charge on any atom is 1.00 e. The van der Waals surface area contributed by atoms with Gasteiger partial charge in [0.1, 0.15) is 13.5 Å². The van der Waals surface area contributed by atoms with Crippen LogP contribution in [0, 0.1) is 47.3 Å². The maximum absolute atomic E-state index is 12.5. The third-order valence-corrected chi connectivity index (χ3v) is 6.68. The van der Waals surface area contributed by atoms with Gasteiger partial charge in [0.05, 0.1) is 23.7 Å². The summed E-state index contributed by atoms with van der Waals surface area (Å²) in [7, 11) is 0. The molecule has 14 heteroatoms. The first-order chi connectivity index (χ1) is 13.2. The molecule has 0 spiro atoms. The summed E-state index contributed by atoms with van der Waals surface area (Å²) in [5.41, 5.74) is 0. The van der Waals surface area contributed by atoms with Crippen LogP contribution < -0.4 is 69.3 Å². The molecule has 8 unspecified atom stereocenters. The van der Waals surface area contributed by atoms with Crippen LogP contribution in [0.5, 0.6) is 0 Å². The van der Waals surface area contributed by atoms with Crippen molar-refractivity contribution in [2.45, 2.75) is 0 Å². The van der Waals surface area contributed by atoms with Crippen LogP contribution in [-0.4, -0.2) is 69.0 Å². The molecule has 0 bridgehead atoms. The van der Waals surface area contributed by atoms with Crippen LogP contribution in [0.3, 0.4) is 0 Å². The number of carboxylic acid groups (broad SMARTS) is 2. The Morgan fingerprint density at radius 1 is 0.667 bits per heavy atom. The number of hydrogen-bond donors (Lipinski definition) is 2. The van der Waals surface area contributed by atoms with E-state index in [0.29, 0.717) is 9.80 Å². The van der Waals surface area contributed by atoms with Gasteiger partial charge in [-0.05, 0) is 11.8 Å². The molecule has 0 aromatic rings. The summed E-state index contributed by atoms with van der Waals surface area (Å²) in [4.78, 5) is 74.5. The minimum atomic E-state index is -1.76.